The summed E-state index contributed by atoms with van der Waals surface area (Å²) in [7, 11) is 0. The highest BCUT2D eigenvalue weighted by Crippen LogP contribution is 2.46. The zero-order chi connectivity index (χ0) is 27.1. The van der Waals surface area contributed by atoms with Crippen LogP contribution in [0.3, 0.4) is 0 Å². The first-order valence-electron chi connectivity index (χ1n) is 13.3. The number of rotatable bonds is 7. The van der Waals surface area contributed by atoms with E-state index < -0.39 is 0 Å². The van der Waals surface area contributed by atoms with Crippen molar-refractivity contribution in [3.63, 3.8) is 0 Å². The summed E-state index contributed by atoms with van der Waals surface area (Å²) in [5, 5.41) is 9.61. The Balaban J connectivity index is 1.29. The van der Waals surface area contributed by atoms with Gasteiger partial charge in [-0.25, -0.2) is 14.8 Å². The minimum atomic E-state index is -0.381. The van der Waals surface area contributed by atoms with E-state index in [4.69, 9.17) is 4.74 Å². The van der Waals surface area contributed by atoms with Gasteiger partial charge in [-0.3, -0.25) is 14.5 Å². The third-order valence-corrected chi connectivity index (χ3v) is 8.78. The molecule has 0 saturated heterocycles. The van der Waals surface area contributed by atoms with Gasteiger partial charge in [0.25, 0.3) is 5.91 Å². The molecule has 0 bridgehead atoms. The van der Waals surface area contributed by atoms with Crippen molar-refractivity contribution < 1.29 is 19.1 Å². The van der Waals surface area contributed by atoms with Gasteiger partial charge in [-0.1, -0.05) is 6.58 Å². The summed E-state index contributed by atoms with van der Waals surface area (Å²) in [6, 6.07) is 2.89. The van der Waals surface area contributed by atoms with Crippen LogP contribution in [0.4, 0.5) is 21.9 Å². The monoisotopic (exact) mass is 546 g/mol. The number of urea groups is 1. The summed E-state index contributed by atoms with van der Waals surface area (Å²) >= 11 is 1.23. The molecule has 202 valence electrons. The van der Waals surface area contributed by atoms with Crippen LogP contribution in [0.25, 0.3) is 10.2 Å². The van der Waals surface area contributed by atoms with Crippen LogP contribution in [0.2, 0.25) is 0 Å². The van der Waals surface area contributed by atoms with E-state index >= 15 is 0 Å². The quantitative estimate of drug-likeness (QED) is 0.360. The molecule has 2 saturated carbocycles. The van der Waals surface area contributed by atoms with Gasteiger partial charge in [0.15, 0.2) is 0 Å². The van der Waals surface area contributed by atoms with Gasteiger partial charge >= 0.3 is 6.03 Å². The van der Waals surface area contributed by atoms with Crippen molar-refractivity contribution in [1.82, 2.24) is 20.6 Å². The fourth-order valence-electron chi connectivity index (χ4n) is 5.76. The molecule has 11 heteroatoms. The van der Waals surface area contributed by atoms with Gasteiger partial charge in [0.05, 0.1) is 28.6 Å². The first-order chi connectivity index (χ1) is 18.9. The normalized spacial score (nSPS) is 20.6. The minimum absolute atomic E-state index is 0.167. The Labute approximate surface area is 229 Å². The number of aryl methyl sites for hydroxylation is 1. The lowest BCUT2D eigenvalue weighted by molar-refractivity contribution is -0.117. The number of anilines is 3. The molecule has 0 unspecified atom stereocenters. The van der Waals surface area contributed by atoms with Gasteiger partial charge < -0.3 is 20.7 Å². The maximum absolute atomic E-state index is 13.5. The molecule has 0 spiro atoms. The van der Waals surface area contributed by atoms with Crippen molar-refractivity contribution >= 4 is 56.5 Å². The highest BCUT2D eigenvalue weighted by molar-refractivity contribution is 7.21. The maximum atomic E-state index is 13.5. The zero-order valence-electron chi connectivity index (χ0n) is 21.7. The van der Waals surface area contributed by atoms with Crippen LogP contribution in [-0.4, -0.2) is 46.0 Å². The van der Waals surface area contributed by atoms with Crippen molar-refractivity contribution in [1.29, 1.82) is 0 Å². The van der Waals surface area contributed by atoms with Crippen molar-refractivity contribution in [2.24, 2.45) is 0 Å². The van der Waals surface area contributed by atoms with E-state index in [1.807, 2.05) is 13.0 Å². The molecule has 0 radical (unpaired) electrons. The van der Waals surface area contributed by atoms with E-state index in [0.717, 1.165) is 37.7 Å². The molecule has 4 heterocycles. The molecule has 6 rings (SSSR count). The molecule has 4 amide bonds. The molecule has 2 aliphatic carbocycles. The van der Waals surface area contributed by atoms with Crippen LogP contribution < -0.4 is 25.6 Å². The van der Waals surface area contributed by atoms with Gasteiger partial charge in [-0.05, 0) is 69.6 Å². The highest BCUT2D eigenvalue weighted by Gasteiger charge is 2.35. The summed E-state index contributed by atoms with van der Waals surface area (Å²) in [5.41, 5.74) is 2.57. The molecular formula is C28H30N6O4S. The number of carbonyl (C=O) groups excluding carboxylic acids is 3. The number of hydrogen-bond donors (Lipinski definition) is 3. The van der Waals surface area contributed by atoms with Crippen molar-refractivity contribution in [3.8, 4) is 5.88 Å². The number of amides is 4. The molecule has 39 heavy (non-hydrogen) atoms. The van der Waals surface area contributed by atoms with Crippen LogP contribution in [0.15, 0.2) is 37.2 Å². The molecule has 2 fully saturated rings. The van der Waals surface area contributed by atoms with Crippen LogP contribution in [0.1, 0.15) is 60.2 Å². The van der Waals surface area contributed by atoms with E-state index in [1.165, 1.54) is 30.3 Å². The molecular weight excluding hydrogens is 516 g/mol. The number of aromatic nitrogens is 2. The fourth-order valence-corrected chi connectivity index (χ4v) is 6.79. The van der Waals surface area contributed by atoms with Crippen molar-refractivity contribution in [2.75, 3.05) is 10.2 Å². The van der Waals surface area contributed by atoms with Crippen LogP contribution >= 0.6 is 11.3 Å². The smallest absolute Gasteiger partial charge is 0.331 e. The van der Waals surface area contributed by atoms with Gasteiger partial charge in [-0.2, -0.15) is 0 Å². The molecule has 3 N–H and O–H groups in total. The predicted octanol–water partition coefficient (Wildman–Crippen LogP) is 4.96. The van der Waals surface area contributed by atoms with Gasteiger partial charge in [0.1, 0.15) is 15.8 Å². The Bertz CT molecular complexity index is 1480. The average molecular weight is 547 g/mol. The van der Waals surface area contributed by atoms with Gasteiger partial charge in [-0.15, -0.1) is 11.3 Å². The fraction of sp³-hybridized carbons (Fsp3) is 0.393. The molecule has 1 aliphatic heterocycles. The number of pyridine rings is 2. The van der Waals surface area contributed by atoms with E-state index in [9.17, 15) is 14.4 Å². The Kier molecular flexibility index (Phi) is 6.68. The lowest BCUT2D eigenvalue weighted by Gasteiger charge is -2.29. The van der Waals surface area contributed by atoms with Crippen LogP contribution in [0, 0.1) is 6.92 Å². The highest BCUT2D eigenvalue weighted by atomic mass is 32.1. The lowest BCUT2D eigenvalue weighted by Crippen LogP contribution is -2.48. The molecule has 10 nitrogen and oxygen atoms in total. The molecule has 3 aromatic heterocycles. The van der Waals surface area contributed by atoms with E-state index in [0.29, 0.717) is 38.0 Å². The van der Waals surface area contributed by atoms with Gasteiger partial charge in [0.2, 0.25) is 11.8 Å². The van der Waals surface area contributed by atoms with Crippen molar-refractivity contribution in [2.45, 2.75) is 70.1 Å². The van der Waals surface area contributed by atoms with E-state index in [2.05, 4.69) is 32.5 Å². The number of nitrogens with zero attached hydrogens (tertiary/aromatic N) is 3. The number of nitrogens with one attached hydrogen (secondary N) is 3. The number of ether oxygens (including phenoxy) is 1. The third-order valence-electron chi connectivity index (χ3n) is 7.69. The standard InChI is InChI=1S/C28H30N6O4S/c1-3-21(35)31-17-9-6-10-18(17)32-26(36)25-24-23-19(11-12-29-27(23)39-25)34(28(37)33-24)20-14-30-22(13-15(20)2)38-16-7-4-5-8-16/h3,11-14,16-18H,1,4-10H2,2H3,(H,31,35)(H,32,36)(H,33,37)/t17-,18-/m1/s1. The Morgan fingerprint density at radius 3 is 2.64 bits per heavy atom. The predicted molar refractivity (Wildman–Crippen MR) is 150 cm³/mol. The third kappa shape index (κ3) is 4.71. The van der Waals surface area contributed by atoms with E-state index in [1.54, 1.807) is 23.4 Å². The molecule has 0 aromatic carbocycles. The average Bonchev–Trinajstić information content (AvgIpc) is 3.67. The summed E-state index contributed by atoms with van der Waals surface area (Å²) in [6.07, 6.45) is 11.6. The summed E-state index contributed by atoms with van der Waals surface area (Å²) in [6.45, 7) is 5.43. The summed E-state index contributed by atoms with van der Waals surface area (Å²) in [5.74, 6) is -0.00366. The first-order valence-corrected chi connectivity index (χ1v) is 14.1. The largest absolute Gasteiger partial charge is 0.474 e. The lowest BCUT2D eigenvalue weighted by atomic mass is 10.1. The summed E-state index contributed by atoms with van der Waals surface area (Å²) in [4.78, 5) is 50.3. The summed E-state index contributed by atoms with van der Waals surface area (Å²) < 4.78 is 6.05. The van der Waals surface area contributed by atoms with Crippen molar-refractivity contribution in [3.05, 3.63) is 47.6 Å². The Hall–Kier alpha value is -3.99. The maximum Gasteiger partial charge on any atom is 0.331 e. The molecule has 3 aliphatic rings. The number of carbonyl (C=O) groups is 3. The molecule has 3 aromatic rings. The number of hydrogen-bond acceptors (Lipinski definition) is 7. The second-order valence-corrected chi connectivity index (χ2v) is 11.2. The number of thiophene rings is 1. The van der Waals surface area contributed by atoms with Crippen LogP contribution in [0.5, 0.6) is 5.88 Å². The zero-order valence-corrected chi connectivity index (χ0v) is 22.5. The topological polar surface area (TPSA) is 126 Å². The van der Waals surface area contributed by atoms with E-state index in [-0.39, 0.29) is 36.0 Å². The Morgan fingerprint density at radius 2 is 1.90 bits per heavy atom. The second-order valence-electron chi connectivity index (χ2n) is 10.2. The minimum Gasteiger partial charge on any atom is -0.474 e. The van der Waals surface area contributed by atoms with Crippen LogP contribution in [-0.2, 0) is 4.79 Å². The Morgan fingerprint density at radius 1 is 1.13 bits per heavy atom. The first kappa shape index (κ1) is 25.3. The SMILES string of the molecule is C=CC(=O)N[C@@H]1CCC[C@H]1NC(=O)c1sc2nccc3c2c1NC(=O)N3c1cnc(OC2CCCC2)cc1C. The molecule has 2 atom stereocenters. The second kappa shape index (κ2) is 10.3. The van der Waals surface area contributed by atoms with Gasteiger partial charge in [0, 0.05) is 24.3 Å².